The molecule has 70 valence electrons. The van der Waals surface area contributed by atoms with Crippen LogP contribution < -0.4 is 4.74 Å². The summed E-state index contributed by atoms with van der Waals surface area (Å²) in [6, 6.07) is 5.29. The third kappa shape index (κ3) is 2.46. The normalized spacial score (nSPS) is 9.77. The first-order chi connectivity index (χ1) is 6.15. The van der Waals surface area contributed by atoms with Gasteiger partial charge in [0.2, 0.25) is 0 Å². The summed E-state index contributed by atoms with van der Waals surface area (Å²) < 4.78 is 4.99. The van der Waals surface area contributed by atoms with E-state index in [0.717, 1.165) is 12.0 Å². The highest BCUT2D eigenvalue weighted by Gasteiger charge is 2.07. The summed E-state index contributed by atoms with van der Waals surface area (Å²) >= 11 is 5.92. The van der Waals surface area contributed by atoms with Gasteiger partial charge >= 0.3 is 5.97 Å². The predicted octanol–water partition coefficient (Wildman–Crippen LogP) is 2.83. The first kappa shape index (κ1) is 10.1. The Labute approximate surface area is 82.5 Å². The number of carbonyl (C=O) groups excluding carboxylic acids is 1. The molecule has 2 nitrogen and oxygen atoms in total. The summed E-state index contributed by atoms with van der Waals surface area (Å²) in [5.74, 6) is 0.236. The van der Waals surface area contributed by atoms with E-state index >= 15 is 0 Å². The summed E-state index contributed by atoms with van der Waals surface area (Å²) in [6.45, 7) is 3.34. The Bertz CT molecular complexity index is 321. The average Bonchev–Trinajstić information content (AvgIpc) is 2.03. The Kier molecular flexibility index (Phi) is 3.32. The van der Waals surface area contributed by atoms with Crippen molar-refractivity contribution in [3.63, 3.8) is 0 Å². The Hall–Kier alpha value is -1.02. The second-order valence-electron chi connectivity index (χ2n) is 2.66. The number of hydrogen-bond acceptors (Lipinski definition) is 2. The molecule has 13 heavy (non-hydrogen) atoms. The first-order valence-corrected chi connectivity index (χ1v) is 4.48. The van der Waals surface area contributed by atoms with Crippen LogP contribution in [0.5, 0.6) is 5.75 Å². The molecule has 0 unspecified atom stereocenters. The average molecular weight is 199 g/mol. The fraction of sp³-hybridized carbons (Fsp3) is 0.300. The van der Waals surface area contributed by atoms with Gasteiger partial charge in [0.15, 0.2) is 0 Å². The van der Waals surface area contributed by atoms with Crippen molar-refractivity contribution in [1.82, 2.24) is 0 Å². The topological polar surface area (TPSA) is 26.3 Å². The van der Waals surface area contributed by atoms with Crippen LogP contribution in [0.15, 0.2) is 18.2 Å². The van der Waals surface area contributed by atoms with Crippen LogP contribution >= 0.6 is 11.6 Å². The lowest BCUT2D eigenvalue weighted by molar-refractivity contribution is -0.131. The lowest BCUT2D eigenvalue weighted by Gasteiger charge is -2.07. The molecular formula is C10H11ClO2. The van der Waals surface area contributed by atoms with Crippen LogP contribution in [-0.2, 0) is 11.2 Å². The quantitative estimate of drug-likeness (QED) is 0.540. The van der Waals surface area contributed by atoms with Crippen LogP contribution in [0.3, 0.4) is 0 Å². The molecule has 1 rings (SSSR count). The molecule has 0 spiro atoms. The summed E-state index contributed by atoms with van der Waals surface area (Å²) in [6.07, 6.45) is 0.752. The molecule has 0 aromatic heterocycles. The van der Waals surface area contributed by atoms with Gasteiger partial charge in [-0.15, -0.1) is 0 Å². The van der Waals surface area contributed by atoms with Crippen molar-refractivity contribution in [1.29, 1.82) is 0 Å². The molecule has 0 atom stereocenters. The van der Waals surface area contributed by atoms with E-state index in [1.54, 1.807) is 18.2 Å². The van der Waals surface area contributed by atoms with Gasteiger partial charge < -0.3 is 4.74 Å². The van der Waals surface area contributed by atoms with E-state index < -0.39 is 0 Å². The second kappa shape index (κ2) is 4.28. The van der Waals surface area contributed by atoms with Gasteiger partial charge in [-0.25, -0.2) is 0 Å². The molecule has 0 fully saturated rings. The molecule has 0 N–H and O–H groups in total. The second-order valence-corrected chi connectivity index (χ2v) is 3.07. The van der Waals surface area contributed by atoms with E-state index in [9.17, 15) is 4.79 Å². The minimum Gasteiger partial charge on any atom is -0.426 e. The largest absolute Gasteiger partial charge is 0.426 e. The zero-order valence-corrected chi connectivity index (χ0v) is 8.39. The van der Waals surface area contributed by atoms with Crippen LogP contribution in [0.1, 0.15) is 19.4 Å². The van der Waals surface area contributed by atoms with Gasteiger partial charge in [0, 0.05) is 17.5 Å². The van der Waals surface area contributed by atoms with E-state index in [1.165, 1.54) is 6.92 Å². The van der Waals surface area contributed by atoms with Gasteiger partial charge in [0.1, 0.15) is 5.75 Å². The van der Waals surface area contributed by atoms with E-state index in [-0.39, 0.29) is 5.97 Å². The SMILES string of the molecule is CCc1c(Cl)cccc1OC(C)=O. The van der Waals surface area contributed by atoms with Crippen molar-refractivity contribution in [2.24, 2.45) is 0 Å². The van der Waals surface area contributed by atoms with Gasteiger partial charge in [-0.3, -0.25) is 4.79 Å². The van der Waals surface area contributed by atoms with Crippen LogP contribution in [0, 0.1) is 0 Å². The molecule has 3 heteroatoms. The molecule has 1 aromatic carbocycles. The van der Waals surface area contributed by atoms with E-state index in [4.69, 9.17) is 16.3 Å². The van der Waals surface area contributed by atoms with E-state index in [0.29, 0.717) is 10.8 Å². The Morgan fingerprint density at radius 3 is 2.77 bits per heavy atom. The third-order valence-electron chi connectivity index (χ3n) is 1.68. The minimum absolute atomic E-state index is 0.322. The lowest BCUT2D eigenvalue weighted by Crippen LogP contribution is -2.03. The summed E-state index contributed by atoms with van der Waals surface area (Å²) in [7, 11) is 0. The van der Waals surface area contributed by atoms with E-state index in [1.807, 2.05) is 6.92 Å². The minimum atomic E-state index is -0.322. The molecule has 0 bridgehead atoms. The van der Waals surface area contributed by atoms with Gasteiger partial charge in [0.05, 0.1) is 0 Å². The van der Waals surface area contributed by atoms with Gasteiger partial charge in [0.25, 0.3) is 0 Å². The molecule has 0 saturated carbocycles. The summed E-state index contributed by atoms with van der Waals surface area (Å²) in [4.78, 5) is 10.7. The molecular weight excluding hydrogens is 188 g/mol. The molecule has 0 radical (unpaired) electrons. The number of rotatable bonds is 2. The Balaban J connectivity index is 3.05. The number of carbonyl (C=O) groups is 1. The highest BCUT2D eigenvalue weighted by Crippen LogP contribution is 2.26. The highest BCUT2D eigenvalue weighted by molar-refractivity contribution is 6.31. The summed E-state index contributed by atoms with van der Waals surface area (Å²) in [5.41, 5.74) is 0.874. The van der Waals surface area contributed by atoms with Crippen molar-refractivity contribution >= 4 is 17.6 Å². The fourth-order valence-electron chi connectivity index (χ4n) is 1.13. The molecule has 0 saturated heterocycles. The first-order valence-electron chi connectivity index (χ1n) is 4.11. The molecule has 1 aromatic rings. The van der Waals surface area contributed by atoms with Crippen LogP contribution in [0.2, 0.25) is 5.02 Å². The van der Waals surface area contributed by atoms with Gasteiger partial charge in [-0.2, -0.15) is 0 Å². The highest BCUT2D eigenvalue weighted by atomic mass is 35.5. The maximum absolute atomic E-state index is 10.7. The summed E-state index contributed by atoms with van der Waals surface area (Å²) in [5, 5.41) is 0.640. The smallest absolute Gasteiger partial charge is 0.308 e. The molecule has 0 aliphatic carbocycles. The van der Waals surface area contributed by atoms with Crippen molar-refractivity contribution in [2.75, 3.05) is 0 Å². The number of hydrogen-bond donors (Lipinski definition) is 0. The zero-order chi connectivity index (χ0) is 9.84. The van der Waals surface area contributed by atoms with Crippen molar-refractivity contribution < 1.29 is 9.53 Å². The standard InChI is InChI=1S/C10H11ClO2/c1-3-8-9(11)5-4-6-10(8)13-7(2)12/h4-6H,3H2,1-2H3. The van der Waals surface area contributed by atoms with Gasteiger partial charge in [-0.1, -0.05) is 24.6 Å². The molecule has 0 aliphatic heterocycles. The van der Waals surface area contributed by atoms with Crippen molar-refractivity contribution in [3.05, 3.63) is 28.8 Å². The fourth-order valence-corrected chi connectivity index (χ4v) is 1.43. The maximum atomic E-state index is 10.7. The lowest BCUT2D eigenvalue weighted by atomic mass is 10.1. The number of ether oxygens (including phenoxy) is 1. The Morgan fingerprint density at radius 2 is 2.23 bits per heavy atom. The number of halogens is 1. The van der Waals surface area contributed by atoms with Crippen LogP contribution in [-0.4, -0.2) is 5.97 Å². The van der Waals surface area contributed by atoms with Crippen molar-refractivity contribution in [2.45, 2.75) is 20.3 Å². The van der Waals surface area contributed by atoms with E-state index in [2.05, 4.69) is 0 Å². The predicted molar refractivity (Wildman–Crippen MR) is 52.1 cm³/mol. The Morgan fingerprint density at radius 1 is 1.54 bits per heavy atom. The van der Waals surface area contributed by atoms with Crippen LogP contribution in [0.25, 0.3) is 0 Å². The van der Waals surface area contributed by atoms with Crippen LogP contribution in [0.4, 0.5) is 0 Å². The maximum Gasteiger partial charge on any atom is 0.308 e. The van der Waals surface area contributed by atoms with Gasteiger partial charge in [-0.05, 0) is 18.6 Å². The van der Waals surface area contributed by atoms with Crippen molar-refractivity contribution in [3.8, 4) is 5.75 Å². The monoisotopic (exact) mass is 198 g/mol. The third-order valence-corrected chi connectivity index (χ3v) is 2.04. The number of esters is 1. The molecule has 0 aliphatic rings. The zero-order valence-electron chi connectivity index (χ0n) is 7.63. The molecule has 0 heterocycles. The number of benzene rings is 1. The molecule has 0 amide bonds.